The molecule has 0 saturated heterocycles. The Morgan fingerprint density at radius 1 is 0.840 bits per heavy atom. The molecule has 0 aliphatic carbocycles. The first kappa shape index (κ1) is 16.3. The van der Waals surface area contributed by atoms with Crippen LogP contribution in [0.25, 0.3) is 0 Å². The molecule has 0 aliphatic rings. The van der Waals surface area contributed by atoms with E-state index in [1.54, 1.807) is 60.9 Å². The van der Waals surface area contributed by atoms with Gasteiger partial charge in [-0.2, -0.15) is 0 Å². The molecule has 2 N–H and O–H groups in total. The molecule has 0 spiro atoms. The minimum Gasteiger partial charge on any atom is -0.324 e. The van der Waals surface area contributed by atoms with Gasteiger partial charge in [-0.1, -0.05) is 18.2 Å². The second-order valence-electron chi connectivity index (χ2n) is 5.37. The van der Waals surface area contributed by atoms with Gasteiger partial charge in [0.2, 0.25) is 5.95 Å². The number of benzene rings is 2. The van der Waals surface area contributed by atoms with Gasteiger partial charge in [-0.15, -0.1) is 0 Å². The van der Waals surface area contributed by atoms with Crippen molar-refractivity contribution in [1.82, 2.24) is 9.97 Å². The van der Waals surface area contributed by atoms with Crippen molar-refractivity contribution in [3.63, 3.8) is 0 Å². The number of hydrogen-bond acceptors (Lipinski definition) is 5. The Labute approximate surface area is 145 Å². The quantitative estimate of drug-likeness (QED) is 0.696. The first-order valence-electron chi connectivity index (χ1n) is 7.68. The molecule has 124 valence electrons. The summed E-state index contributed by atoms with van der Waals surface area (Å²) >= 11 is 0. The minimum absolute atomic E-state index is 0.0508. The number of hydrogen-bond donors (Lipinski definition) is 2. The van der Waals surface area contributed by atoms with Crippen LogP contribution >= 0.6 is 0 Å². The molecule has 1 heterocycles. The molecule has 0 radical (unpaired) electrons. The zero-order valence-electron chi connectivity index (χ0n) is 13.6. The Hall–Kier alpha value is -3.54. The summed E-state index contributed by atoms with van der Waals surface area (Å²) in [7, 11) is 0. The van der Waals surface area contributed by atoms with Crippen LogP contribution in [-0.2, 0) is 0 Å². The molecule has 0 aliphatic heterocycles. The smallest absolute Gasteiger partial charge is 0.255 e. The topological polar surface area (TPSA) is 84.0 Å². The van der Waals surface area contributed by atoms with Crippen molar-refractivity contribution in [2.45, 2.75) is 6.92 Å². The van der Waals surface area contributed by atoms with Crippen LogP contribution in [0.2, 0.25) is 0 Å². The number of ketones is 1. The van der Waals surface area contributed by atoms with E-state index in [0.717, 1.165) is 0 Å². The van der Waals surface area contributed by atoms with Gasteiger partial charge in [-0.3, -0.25) is 9.59 Å². The van der Waals surface area contributed by atoms with Gasteiger partial charge in [-0.05, 0) is 43.3 Å². The Kier molecular flexibility index (Phi) is 4.80. The number of carbonyl (C=O) groups excluding carboxylic acids is 2. The summed E-state index contributed by atoms with van der Waals surface area (Å²) in [4.78, 5) is 32.1. The summed E-state index contributed by atoms with van der Waals surface area (Å²) < 4.78 is 0. The third-order valence-electron chi connectivity index (χ3n) is 3.47. The van der Waals surface area contributed by atoms with E-state index in [-0.39, 0.29) is 11.7 Å². The standard InChI is InChI=1S/C19H16N4O2/c1-13(24)14-5-2-7-16(11-14)22-18(25)15-6-3-8-17(12-15)23-19-20-9-4-10-21-19/h2-12H,1H3,(H,22,25)(H,20,21,23). The molecular weight excluding hydrogens is 316 g/mol. The van der Waals surface area contributed by atoms with Crippen LogP contribution in [0.5, 0.6) is 0 Å². The molecule has 1 amide bonds. The number of rotatable bonds is 5. The van der Waals surface area contributed by atoms with Gasteiger partial charge in [0.1, 0.15) is 0 Å². The van der Waals surface area contributed by atoms with Crippen molar-refractivity contribution < 1.29 is 9.59 Å². The molecule has 0 unspecified atom stereocenters. The fourth-order valence-corrected chi connectivity index (χ4v) is 2.25. The van der Waals surface area contributed by atoms with E-state index in [4.69, 9.17) is 0 Å². The highest BCUT2D eigenvalue weighted by molar-refractivity contribution is 6.05. The second kappa shape index (κ2) is 7.35. The zero-order chi connectivity index (χ0) is 17.6. The maximum absolute atomic E-state index is 12.4. The lowest BCUT2D eigenvalue weighted by Gasteiger charge is -2.09. The molecule has 6 heteroatoms. The molecule has 3 rings (SSSR count). The number of nitrogens with zero attached hydrogens (tertiary/aromatic N) is 2. The average Bonchev–Trinajstić information content (AvgIpc) is 2.63. The lowest BCUT2D eigenvalue weighted by Crippen LogP contribution is -2.12. The van der Waals surface area contributed by atoms with Crippen molar-refractivity contribution >= 4 is 29.0 Å². The van der Waals surface area contributed by atoms with E-state index in [1.165, 1.54) is 6.92 Å². The lowest BCUT2D eigenvalue weighted by molar-refractivity contribution is 0.101. The van der Waals surface area contributed by atoms with Crippen LogP contribution in [0.4, 0.5) is 17.3 Å². The Morgan fingerprint density at radius 3 is 2.20 bits per heavy atom. The van der Waals surface area contributed by atoms with E-state index < -0.39 is 0 Å². The van der Waals surface area contributed by atoms with Crippen LogP contribution in [0, 0.1) is 0 Å². The van der Waals surface area contributed by atoms with Crippen LogP contribution in [0.3, 0.4) is 0 Å². The van der Waals surface area contributed by atoms with Crippen LogP contribution in [0.15, 0.2) is 67.0 Å². The highest BCUT2D eigenvalue weighted by Gasteiger charge is 2.08. The summed E-state index contributed by atoms with van der Waals surface area (Å²) in [6, 6.07) is 15.6. The fourth-order valence-electron chi connectivity index (χ4n) is 2.25. The monoisotopic (exact) mass is 332 g/mol. The third-order valence-corrected chi connectivity index (χ3v) is 3.47. The van der Waals surface area contributed by atoms with Crippen molar-refractivity contribution in [3.05, 3.63) is 78.1 Å². The number of aromatic nitrogens is 2. The van der Waals surface area contributed by atoms with E-state index in [9.17, 15) is 9.59 Å². The van der Waals surface area contributed by atoms with Crippen LogP contribution in [-0.4, -0.2) is 21.7 Å². The van der Waals surface area contributed by atoms with E-state index in [1.807, 2.05) is 6.07 Å². The SMILES string of the molecule is CC(=O)c1cccc(NC(=O)c2cccc(Nc3ncccn3)c2)c1. The number of anilines is 3. The van der Waals surface area contributed by atoms with Crippen molar-refractivity contribution in [1.29, 1.82) is 0 Å². The van der Waals surface area contributed by atoms with Gasteiger partial charge in [0, 0.05) is 34.9 Å². The van der Waals surface area contributed by atoms with Crippen LogP contribution < -0.4 is 10.6 Å². The average molecular weight is 332 g/mol. The van der Waals surface area contributed by atoms with Crippen LogP contribution in [0.1, 0.15) is 27.6 Å². The highest BCUT2D eigenvalue weighted by atomic mass is 16.1. The predicted molar refractivity (Wildman–Crippen MR) is 96.2 cm³/mol. The van der Waals surface area contributed by atoms with Crippen molar-refractivity contribution in [2.75, 3.05) is 10.6 Å². The molecule has 0 bridgehead atoms. The molecule has 25 heavy (non-hydrogen) atoms. The molecule has 6 nitrogen and oxygen atoms in total. The number of nitrogens with one attached hydrogen (secondary N) is 2. The molecule has 2 aromatic carbocycles. The Morgan fingerprint density at radius 2 is 1.48 bits per heavy atom. The van der Waals surface area contributed by atoms with Gasteiger partial charge in [0.05, 0.1) is 0 Å². The van der Waals surface area contributed by atoms with Gasteiger partial charge < -0.3 is 10.6 Å². The fraction of sp³-hybridized carbons (Fsp3) is 0.0526. The highest BCUT2D eigenvalue weighted by Crippen LogP contribution is 2.17. The maximum Gasteiger partial charge on any atom is 0.255 e. The first-order valence-corrected chi connectivity index (χ1v) is 7.68. The van der Waals surface area contributed by atoms with E-state index in [0.29, 0.717) is 28.5 Å². The first-order chi connectivity index (χ1) is 12.1. The zero-order valence-corrected chi connectivity index (χ0v) is 13.6. The van der Waals surface area contributed by atoms with Gasteiger partial charge >= 0.3 is 0 Å². The van der Waals surface area contributed by atoms with E-state index in [2.05, 4.69) is 20.6 Å². The summed E-state index contributed by atoms with van der Waals surface area (Å²) in [6.07, 6.45) is 3.27. The van der Waals surface area contributed by atoms with Gasteiger partial charge in [-0.25, -0.2) is 9.97 Å². The maximum atomic E-state index is 12.4. The Balaban J connectivity index is 1.75. The lowest BCUT2D eigenvalue weighted by atomic mass is 10.1. The second-order valence-corrected chi connectivity index (χ2v) is 5.37. The normalized spacial score (nSPS) is 10.1. The predicted octanol–water partition coefficient (Wildman–Crippen LogP) is 3.68. The Bertz CT molecular complexity index is 910. The minimum atomic E-state index is -0.265. The largest absolute Gasteiger partial charge is 0.324 e. The number of amides is 1. The molecular formula is C19H16N4O2. The third kappa shape index (κ3) is 4.26. The molecule has 0 fully saturated rings. The molecule has 1 aromatic heterocycles. The molecule has 0 saturated carbocycles. The summed E-state index contributed by atoms with van der Waals surface area (Å²) in [5, 5.41) is 5.83. The number of carbonyl (C=O) groups is 2. The molecule has 3 aromatic rings. The van der Waals surface area contributed by atoms with Crippen molar-refractivity contribution in [2.24, 2.45) is 0 Å². The summed E-state index contributed by atoms with van der Waals surface area (Å²) in [5.41, 5.74) is 2.31. The van der Waals surface area contributed by atoms with Crippen molar-refractivity contribution in [3.8, 4) is 0 Å². The summed E-state index contributed by atoms with van der Waals surface area (Å²) in [5.74, 6) is 0.137. The van der Waals surface area contributed by atoms with Gasteiger partial charge in [0.25, 0.3) is 5.91 Å². The number of Topliss-reactive ketones (excluding diaryl/α,β-unsaturated/α-hetero) is 1. The summed E-state index contributed by atoms with van der Waals surface area (Å²) in [6.45, 7) is 1.49. The van der Waals surface area contributed by atoms with E-state index >= 15 is 0 Å². The molecule has 0 atom stereocenters. The van der Waals surface area contributed by atoms with Gasteiger partial charge in [0.15, 0.2) is 5.78 Å².